The van der Waals surface area contributed by atoms with E-state index < -0.39 is 23.4 Å². The molecular formula is C39H35NO5. The maximum atomic E-state index is 15.0. The number of ether oxygens (including phenoxy) is 2. The minimum absolute atomic E-state index is 0.155. The summed E-state index contributed by atoms with van der Waals surface area (Å²) in [5.41, 5.74) is 3.20. The number of rotatable bonds is 7. The van der Waals surface area contributed by atoms with Gasteiger partial charge in [-0.2, -0.15) is 0 Å². The van der Waals surface area contributed by atoms with Crippen molar-refractivity contribution >= 4 is 29.1 Å². The normalized spacial score (nSPS) is 20.7. The third-order valence-electron chi connectivity index (χ3n) is 9.64. The highest BCUT2D eigenvalue weighted by molar-refractivity contribution is 6.32. The van der Waals surface area contributed by atoms with E-state index in [1.807, 2.05) is 71.6 Å². The van der Waals surface area contributed by atoms with Gasteiger partial charge in [-0.15, -0.1) is 0 Å². The zero-order valence-corrected chi connectivity index (χ0v) is 25.8. The Morgan fingerprint density at radius 1 is 0.844 bits per heavy atom. The van der Waals surface area contributed by atoms with Gasteiger partial charge >= 0.3 is 0 Å². The number of carbonyl (C=O) groups is 3. The van der Waals surface area contributed by atoms with Crippen LogP contribution in [0, 0.1) is 11.3 Å². The fourth-order valence-corrected chi connectivity index (χ4v) is 7.78. The van der Waals surface area contributed by atoms with Gasteiger partial charge in [0.1, 0.15) is 23.0 Å². The molecule has 2 aliphatic heterocycles. The fraction of sp³-hybridized carbons (Fsp3) is 0.256. The van der Waals surface area contributed by atoms with E-state index in [2.05, 4.69) is 13.8 Å². The molecule has 3 atom stereocenters. The number of fused-ring (bicyclic) bond motifs is 5. The van der Waals surface area contributed by atoms with E-state index in [1.165, 1.54) is 0 Å². The number of anilines is 1. The number of carbonyl (C=O) groups excluding carboxylic acids is 3. The van der Waals surface area contributed by atoms with Gasteiger partial charge in [-0.1, -0.05) is 98.8 Å². The fourth-order valence-electron chi connectivity index (χ4n) is 7.78. The van der Waals surface area contributed by atoms with Crippen LogP contribution in [0.15, 0.2) is 97.1 Å². The third-order valence-corrected chi connectivity index (χ3v) is 9.64. The lowest BCUT2D eigenvalue weighted by Gasteiger charge is -2.37. The van der Waals surface area contributed by atoms with Crippen LogP contribution in [0.25, 0.3) is 6.08 Å². The predicted octanol–water partition coefficient (Wildman–Crippen LogP) is 7.22. The lowest BCUT2D eigenvalue weighted by atomic mass is 9.64. The number of ketones is 3. The Kier molecular flexibility index (Phi) is 6.96. The largest absolute Gasteiger partial charge is 0.497 e. The van der Waals surface area contributed by atoms with Crippen molar-refractivity contribution in [3.63, 3.8) is 0 Å². The third kappa shape index (κ3) is 4.19. The number of methoxy groups -OCH3 is 2. The second kappa shape index (κ2) is 10.9. The average molecular weight is 598 g/mol. The van der Waals surface area contributed by atoms with Crippen molar-refractivity contribution in [1.29, 1.82) is 0 Å². The monoisotopic (exact) mass is 597 g/mol. The number of hydrogen-bond acceptors (Lipinski definition) is 6. The minimum Gasteiger partial charge on any atom is -0.497 e. The van der Waals surface area contributed by atoms with Crippen LogP contribution in [0.3, 0.4) is 0 Å². The number of hydrogen-bond donors (Lipinski definition) is 0. The van der Waals surface area contributed by atoms with E-state index in [0.717, 1.165) is 23.2 Å². The van der Waals surface area contributed by atoms with E-state index in [-0.39, 0.29) is 17.3 Å². The summed E-state index contributed by atoms with van der Waals surface area (Å²) in [4.78, 5) is 46.8. The standard InChI is InChI=1S/C39H35NO5/c1-23(2)21-24-13-15-26(16-14-24)36(41)35-34(30-19-18-27(44-3)22-32(30)45-4)39(37(42)28-10-6-7-11-29(28)38(39)43)33-20-17-25-9-5-8-12-31(25)40(33)35/h5-20,22-23,33-35H,21H2,1-4H3/t33-,34+,35-/m0/s1. The second-order valence-corrected chi connectivity index (χ2v) is 12.5. The topological polar surface area (TPSA) is 72.9 Å². The van der Waals surface area contributed by atoms with Gasteiger partial charge in [-0.3, -0.25) is 14.4 Å². The van der Waals surface area contributed by atoms with Gasteiger partial charge in [-0.05, 0) is 35.6 Å². The van der Waals surface area contributed by atoms with Gasteiger partial charge in [0.05, 0.1) is 20.3 Å². The Hall–Kier alpha value is -4.97. The van der Waals surface area contributed by atoms with Crippen LogP contribution >= 0.6 is 0 Å². The van der Waals surface area contributed by atoms with E-state index in [4.69, 9.17) is 9.47 Å². The molecule has 0 N–H and O–H groups in total. The van der Waals surface area contributed by atoms with Crippen LogP contribution in [0.2, 0.25) is 0 Å². The van der Waals surface area contributed by atoms with Crippen LogP contribution in [0.5, 0.6) is 11.5 Å². The molecule has 0 unspecified atom stereocenters. The van der Waals surface area contributed by atoms with Crippen molar-refractivity contribution in [3.8, 4) is 11.5 Å². The molecule has 0 saturated carbocycles. The Bertz CT molecular complexity index is 1840. The van der Waals surface area contributed by atoms with Crippen LogP contribution in [-0.4, -0.2) is 43.7 Å². The molecule has 1 saturated heterocycles. The molecule has 7 rings (SSSR count). The first-order valence-corrected chi connectivity index (χ1v) is 15.4. The summed E-state index contributed by atoms with van der Waals surface area (Å²) in [5, 5.41) is 0. The quantitative estimate of drug-likeness (QED) is 0.166. The molecule has 6 nitrogen and oxygen atoms in total. The van der Waals surface area contributed by atoms with E-state index in [9.17, 15) is 9.59 Å². The molecule has 6 heteroatoms. The summed E-state index contributed by atoms with van der Waals surface area (Å²) in [6, 6.07) is 26.4. The predicted molar refractivity (Wildman–Crippen MR) is 175 cm³/mol. The molecular weight excluding hydrogens is 562 g/mol. The summed E-state index contributed by atoms with van der Waals surface area (Å²) >= 11 is 0. The molecule has 0 amide bonds. The van der Waals surface area contributed by atoms with Crippen molar-refractivity contribution in [1.82, 2.24) is 0 Å². The van der Waals surface area contributed by atoms with Crippen LogP contribution in [0.1, 0.15) is 67.5 Å². The molecule has 0 radical (unpaired) electrons. The number of para-hydroxylation sites is 1. The van der Waals surface area contributed by atoms with Crippen LogP contribution in [-0.2, 0) is 6.42 Å². The molecule has 226 valence electrons. The summed E-state index contributed by atoms with van der Waals surface area (Å²) < 4.78 is 11.4. The Morgan fingerprint density at radius 3 is 2.16 bits per heavy atom. The Balaban J connectivity index is 1.51. The summed E-state index contributed by atoms with van der Waals surface area (Å²) in [6.07, 6.45) is 4.81. The van der Waals surface area contributed by atoms with Crippen LogP contribution in [0.4, 0.5) is 5.69 Å². The van der Waals surface area contributed by atoms with Crippen molar-refractivity contribution in [2.75, 3.05) is 19.1 Å². The lowest BCUT2D eigenvalue weighted by Crippen LogP contribution is -2.48. The SMILES string of the molecule is COc1ccc([C@@H]2[C@@H](C(=O)c3ccc(CC(C)C)cc3)N3c4ccccc4C=C[C@H]3C23C(=O)c2ccccc2C3=O)c(OC)c1. The van der Waals surface area contributed by atoms with Crippen molar-refractivity contribution in [2.45, 2.75) is 38.3 Å². The first-order chi connectivity index (χ1) is 21.8. The number of benzene rings is 4. The lowest BCUT2D eigenvalue weighted by molar-refractivity contribution is 0.0665. The van der Waals surface area contributed by atoms with Gasteiger partial charge < -0.3 is 14.4 Å². The molecule has 1 fully saturated rings. The maximum Gasteiger partial charge on any atom is 0.185 e. The molecule has 1 aliphatic carbocycles. The zero-order valence-electron chi connectivity index (χ0n) is 25.8. The molecule has 4 aromatic rings. The molecule has 0 aromatic heterocycles. The molecule has 1 spiro atoms. The number of nitrogens with zero attached hydrogens (tertiary/aromatic N) is 1. The smallest absolute Gasteiger partial charge is 0.185 e. The van der Waals surface area contributed by atoms with Crippen molar-refractivity contribution < 1.29 is 23.9 Å². The van der Waals surface area contributed by atoms with Gasteiger partial charge in [0, 0.05) is 39.9 Å². The molecule has 3 aliphatic rings. The molecule has 45 heavy (non-hydrogen) atoms. The highest BCUT2D eigenvalue weighted by Gasteiger charge is 2.72. The molecule has 0 bridgehead atoms. The van der Waals surface area contributed by atoms with E-state index in [0.29, 0.717) is 39.7 Å². The summed E-state index contributed by atoms with van der Waals surface area (Å²) in [6.45, 7) is 4.33. The van der Waals surface area contributed by atoms with E-state index >= 15 is 4.79 Å². The average Bonchev–Trinajstić information content (AvgIpc) is 3.50. The summed E-state index contributed by atoms with van der Waals surface area (Å²) in [5.74, 6) is -0.0577. The number of Topliss-reactive ketones (excluding diaryl/α,β-unsaturated/α-hetero) is 3. The Morgan fingerprint density at radius 2 is 1.51 bits per heavy atom. The second-order valence-electron chi connectivity index (χ2n) is 12.5. The van der Waals surface area contributed by atoms with Crippen molar-refractivity contribution in [3.05, 3.63) is 130 Å². The maximum absolute atomic E-state index is 15.0. The van der Waals surface area contributed by atoms with Gasteiger partial charge in [0.25, 0.3) is 0 Å². The minimum atomic E-state index is -1.60. The van der Waals surface area contributed by atoms with Crippen molar-refractivity contribution in [2.24, 2.45) is 11.3 Å². The zero-order chi connectivity index (χ0) is 31.5. The first-order valence-electron chi connectivity index (χ1n) is 15.4. The van der Waals surface area contributed by atoms with Gasteiger partial charge in [-0.25, -0.2) is 0 Å². The van der Waals surface area contributed by atoms with Crippen LogP contribution < -0.4 is 14.4 Å². The van der Waals surface area contributed by atoms with Gasteiger partial charge in [0.15, 0.2) is 17.3 Å². The highest BCUT2D eigenvalue weighted by atomic mass is 16.5. The Labute approximate surface area is 263 Å². The van der Waals surface area contributed by atoms with E-state index in [1.54, 1.807) is 50.6 Å². The molecule has 4 aromatic carbocycles. The molecule has 2 heterocycles. The first kappa shape index (κ1) is 28.8. The van der Waals surface area contributed by atoms with Gasteiger partial charge in [0.2, 0.25) is 0 Å². The highest BCUT2D eigenvalue weighted by Crippen LogP contribution is 2.62. The summed E-state index contributed by atoms with van der Waals surface area (Å²) in [7, 11) is 3.13.